The molecule has 2 aromatic rings. The first kappa shape index (κ1) is 20.5. The molecular formula is C21H26N2O4. The molecule has 0 radical (unpaired) electrons. The number of carbonyl (C=O) groups is 2. The Bertz CT molecular complexity index is 759. The third-order valence-electron chi connectivity index (χ3n) is 3.90. The van der Waals surface area contributed by atoms with Gasteiger partial charge in [0, 0.05) is 31.5 Å². The highest BCUT2D eigenvalue weighted by molar-refractivity contribution is 5.96. The molecule has 0 heterocycles. The zero-order valence-electron chi connectivity index (χ0n) is 16.0. The van der Waals surface area contributed by atoms with Gasteiger partial charge in [0.25, 0.3) is 11.8 Å². The molecule has 27 heavy (non-hydrogen) atoms. The zero-order valence-corrected chi connectivity index (χ0v) is 16.0. The van der Waals surface area contributed by atoms with Gasteiger partial charge in [0.05, 0.1) is 0 Å². The Morgan fingerprint density at radius 1 is 1.11 bits per heavy atom. The van der Waals surface area contributed by atoms with Crippen LogP contribution in [-0.4, -0.2) is 38.2 Å². The fourth-order valence-electron chi connectivity index (χ4n) is 2.42. The van der Waals surface area contributed by atoms with Crippen LogP contribution >= 0.6 is 0 Å². The summed E-state index contributed by atoms with van der Waals surface area (Å²) in [6.45, 7) is 4.82. The van der Waals surface area contributed by atoms with Gasteiger partial charge in [-0.05, 0) is 62.2 Å². The highest BCUT2D eigenvalue weighted by atomic mass is 16.5. The maximum atomic E-state index is 12.3. The summed E-state index contributed by atoms with van der Waals surface area (Å²) in [5.74, 6) is 0.242. The van der Waals surface area contributed by atoms with Gasteiger partial charge in [-0.15, -0.1) is 0 Å². The first-order chi connectivity index (χ1) is 13.0. The van der Waals surface area contributed by atoms with Crippen LogP contribution in [0.3, 0.4) is 0 Å². The van der Waals surface area contributed by atoms with Crippen LogP contribution in [0.2, 0.25) is 0 Å². The third kappa shape index (κ3) is 6.75. The zero-order chi connectivity index (χ0) is 19.6. The van der Waals surface area contributed by atoms with Crippen LogP contribution in [0, 0.1) is 6.92 Å². The van der Waals surface area contributed by atoms with Crippen LogP contribution in [-0.2, 0) is 9.53 Å². The minimum Gasteiger partial charge on any atom is -0.481 e. The summed E-state index contributed by atoms with van der Waals surface area (Å²) in [4.78, 5) is 24.3. The molecule has 0 fully saturated rings. The molecule has 0 aromatic heterocycles. The summed E-state index contributed by atoms with van der Waals surface area (Å²) in [5.41, 5.74) is 2.21. The molecule has 6 heteroatoms. The van der Waals surface area contributed by atoms with Gasteiger partial charge in [-0.3, -0.25) is 9.59 Å². The van der Waals surface area contributed by atoms with E-state index < -0.39 is 6.10 Å². The molecule has 2 aromatic carbocycles. The average Bonchev–Trinajstić information content (AvgIpc) is 2.65. The lowest BCUT2D eigenvalue weighted by Crippen LogP contribution is -2.30. The summed E-state index contributed by atoms with van der Waals surface area (Å²) in [6.07, 6.45) is 0.116. The van der Waals surface area contributed by atoms with Crippen molar-refractivity contribution in [2.24, 2.45) is 0 Å². The van der Waals surface area contributed by atoms with E-state index in [1.165, 1.54) is 0 Å². The predicted molar refractivity (Wildman–Crippen MR) is 105 cm³/mol. The molecule has 0 aliphatic carbocycles. The van der Waals surface area contributed by atoms with Crippen LogP contribution < -0.4 is 15.4 Å². The van der Waals surface area contributed by atoms with Gasteiger partial charge >= 0.3 is 0 Å². The van der Waals surface area contributed by atoms with E-state index in [4.69, 9.17) is 9.47 Å². The molecule has 0 saturated carbocycles. The molecule has 0 aliphatic rings. The largest absolute Gasteiger partial charge is 0.481 e. The fraction of sp³-hybridized carbons (Fsp3) is 0.333. The summed E-state index contributed by atoms with van der Waals surface area (Å²) in [7, 11) is 1.63. The second-order valence-electron chi connectivity index (χ2n) is 6.25. The Labute approximate surface area is 159 Å². The summed E-state index contributed by atoms with van der Waals surface area (Å²) < 4.78 is 10.6. The summed E-state index contributed by atoms with van der Waals surface area (Å²) in [5, 5.41) is 5.61. The van der Waals surface area contributed by atoms with Crippen molar-refractivity contribution in [2.75, 3.05) is 25.6 Å². The van der Waals surface area contributed by atoms with E-state index >= 15 is 0 Å². The van der Waals surface area contributed by atoms with Crippen LogP contribution in [0.25, 0.3) is 0 Å². The number of rotatable bonds is 9. The molecule has 2 amide bonds. The van der Waals surface area contributed by atoms with Crippen molar-refractivity contribution in [3.8, 4) is 5.75 Å². The van der Waals surface area contributed by atoms with Gasteiger partial charge in [-0.1, -0.05) is 12.1 Å². The van der Waals surface area contributed by atoms with Crippen molar-refractivity contribution >= 4 is 17.5 Å². The number of ether oxygens (including phenoxy) is 2. The second-order valence-corrected chi connectivity index (χ2v) is 6.25. The monoisotopic (exact) mass is 370 g/mol. The molecule has 0 aliphatic heterocycles. The standard InChI is InChI=1S/C21H26N2O4/c1-15-6-4-7-19(14-15)27-16(2)20(24)23-18-10-8-17(9-11-18)21(25)22-12-5-13-26-3/h4,6-11,14,16H,5,12-13H2,1-3H3,(H,22,25)(H,23,24). The van der Waals surface area contributed by atoms with Crippen molar-refractivity contribution in [3.63, 3.8) is 0 Å². The van der Waals surface area contributed by atoms with Crippen molar-refractivity contribution in [3.05, 3.63) is 59.7 Å². The summed E-state index contributed by atoms with van der Waals surface area (Å²) >= 11 is 0. The quantitative estimate of drug-likeness (QED) is 0.665. The number of carbonyl (C=O) groups excluding carboxylic acids is 2. The number of aryl methyl sites for hydroxylation is 1. The molecule has 0 saturated heterocycles. The number of amides is 2. The summed E-state index contributed by atoms with van der Waals surface area (Å²) in [6, 6.07) is 14.3. The van der Waals surface area contributed by atoms with Crippen molar-refractivity contribution in [2.45, 2.75) is 26.4 Å². The Hall–Kier alpha value is -2.86. The van der Waals surface area contributed by atoms with Crippen LogP contribution in [0.5, 0.6) is 5.75 Å². The first-order valence-electron chi connectivity index (χ1n) is 8.91. The van der Waals surface area contributed by atoms with Gasteiger partial charge in [0.15, 0.2) is 6.10 Å². The van der Waals surface area contributed by atoms with Crippen molar-refractivity contribution in [1.29, 1.82) is 0 Å². The van der Waals surface area contributed by atoms with E-state index in [-0.39, 0.29) is 11.8 Å². The highest BCUT2D eigenvalue weighted by Crippen LogP contribution is 2.15. The number of benzene rings is 2. The Morgan fingerprint density at radius 3 is 2.52 bits per heavy atom. The maximum absolute atomic E-state index is 12.3. The van der Waals surface area contributed by atoms with Gasteiger partial charge < -0.3 is 20.1 Å². The predicted octanol–water partition coefficient (Wildman–Crippen LogP) is 3.17. The molecule has 6 nitrogen and oxygen atoms in total. The number of hydrogen-bond acceptors (Lipinski definition) is 4. The number of nitrogens with one attached hydrogen (secondary N) is 2. The Morgan fingerprint density at radius 2 is 1.85 bits per heavy atom. The molecule has 2 rings (SSSR count). The van der Waals surface area contributed by atoms with E-state index in [0.29, 0.717) is 30.2 Å². The fourth-order valence-corrected chi connectivity index (χ4v) is 2.42. The lowest BCUT2D eigenvalue weighted by Gasteiger charge is -2.15. The van der Waals surface area contributed by atoms with Crippen LogP contribution in [0.4, 0.5) is 5.69 Å². The number of hydrogen-bond donors (Lipinski definition) is 2. The molecule has 0 spiro atoms. The van der Waals surface area contributed by atoms with Gasteiger partial charge in [-0.25, -0.2) is 0 Å². The van der Waals surface area contributed by atoms with Gasteiger partial charge in [0.1, 0.15) is 5.75 Å². The number of methoxy groups -OCH3 is 1. The smallest absolute Gasteiger partial charge is 0.265 e. The van der Waals surface area contributed by atoms with Crippen LogP contribution in [0.15, 0.2) is 48.5 Å². The van der Waals surface area contributed by atoms with E-state index in [1.54, 1.807) is 38.3 Å². The molecule has 2 N–H and O–H groups in total. The van der Waals surface area contributed by atoms with E-state index in [9.17, 15) is 9.59 Å². The van der Waals surface area contributed by atoms with Gasteiger partial charge in [-0.2, -0.15) is 0 Å². The first-order valence-corrected chi connectivity index (χ1v) is 8.91. The van der Waals surface area contributed by atoms with Gasteiger partial charge in [0.2, 0.25) is 0 Å². The van der Waals surface area contributed by atoms with Crippen molar-refractivity contribution in [1.82, 2.24) is 5.32 Å². The lowest BCUT2D eigenvalue weighted by atomic mass is 10.2. The average molecular weight is 370 g/mol. The molecular weight excluding hydrogens is 344 g/mol. The minimum absolute atomic E-state index is 0.153. The van der Waals surface area contributed by atoms with Crippen molar-refractivity contribution < 1.29 is 19.1 Å². The normalized spacial score (nSPS) is 11.5. The second kappa shape index (κ2) is 10.3. The Balaban J connectivity index is 1.85. The maximum Gasteiger partial charge on any atom is 0.265 e. The molecule has 1 atom stereocenters. The third-order valence-corrected chi connectivity index (χ3v) is 3.90. The minimum atomic E-state index is -0.643. The number of anilines is 1. The molecule has 0 bridgehead atoms. The highest BCUT2D eigenvalue weighted by Gasteiger charge is 2.15. The van der Waals surface area contributed by atoms with Crippen LogP contribution in [0.1, 0.15) is 29.3 Å². The molecule has 144 valence electrons. The lowest BCUT2D eigenvalue weighted by molar-refractivity contribution is -0.122. The Kier molecular flexibility index (Phi) is 7.82. The van der Waals surface area contributed by atoms with E-state index in [1.807, 2.05) is 31.2 Å². The van der Waals surface area contributed by atoms with E-state index in [2.05, 4.69) is 10.6 Å². The SMILES string of the molecule is COCCCNC(=O)c1ccc(NC(=O)C(C)Oc2cccc(C)c2)cc1. The molecule has 1 unspecified atom stereocenters. The topological polar surface area (TPSA) is 76.7 Å². The van der Waals surface area contributed by atoms with E-state index in [0.717, 1.165) is 12.0 Å².